The van der Waals surface area contributed by atoms with E-state index in [4.69, 9.17) is 0 Å². The largest absolute Gasteiger partial charge is 0.338 e. The van der Waals surface area contributed by atoms with Crippen LogP contribution in [0.15, 0.2) is 24.3 Å². The lowest BCUT2D eigenvalue weighted by atomic mass is 10.0. The van der Waals surface area contributed by atoms with E-state index in [1.807, 2.05) is 17.9 Å². The van der Waals surface area contributed by atoms with Crippen LogP contribution in [0.25, 0.3) is 0 Å². The number of hydrogen-bond acceptors (Lipinski definition) is 2. The quantitative estimate of drug-likeness (QED) is 0.887. The van der Waals surface area contributed by atoms with E-state index in [0.717, 1.165) is 38.0 Å². The second-order valence-corrected chi connectivity index (χ2v) is 5.19. The standard InChI is InChI=1S/C16H25N3O/c1-3-11-18-14-9-7-12-19(16(20)17-4-2)15-10-6-5-8-13(14)15/h5-6,8,10,14,18H,3-4,7,9,11-12H2,1-2H3,(H,17,20). The summed E-state index contributed by atoms with van der Waals surface area (Å²) in [6.07, 6.45) is 3.22. The summed E-state index contributed by atoms with van der Waals surface area (Å²) < 4.78 is 0. The third-order valence-electron chi connectivity index (χ3n) is 3.69. The Kier molecular flexibility index (Phi) is 5.41. The van der Waals surface area contributed by atoms with Gasteiger partial charge in [-0.1, -0.05) is 25.1 Å². The number of fused-ring (bicyclic) bond motifs is 1. The number of carbonyl (C=O) groups excluding carboxylic acids is 1. The van der Waals surface area contributed by atoms with Crippen molar-refractivity contribution >= 4 is 11.7 Å². The predicted molar refractivity (Wildman–Crippen MR) is 83.1 cm³/mol. The number of hydrogen-bond donors (Lipinski definition) is 2. The smallest absolute Gasteiger partial charge is 0.321 e. The fourth-order valence-corrected chi connectivity index (χ4v) is 2.75. The number of benzene rings is 1. The van der Waals surface area contributed by atoms with Crippen molar-refractivity contribution in [1.82, 2.24) is 10.6 Å². The molecule has 1 unspecified atom stereocenters. The molecular formula is C16H25N3O. The van der Waals surface area contributed by atoms with Crippen LogP contribution in [0, 0.1) is 0 Å². The molecule has 1 atom stereocenters. The van der Waals surface area contributed by atoms with E-state index in [-0.39, 0.29) is 6.03 Å². The minimum Gasteiger partial charge on any atom is -0.338 e. The second-order valence-electron chi connectivity index (χ2n) is 5.19. The van der Waals surface area contributed by atoms with Crippen LogP contribution in [-0.2, 0) is 0 Å². The summed E-state index contributed by atoms with van der Waals surface area (Å²) in [7, 11) is 0. The molecule has 20 heavy (non-hydrogen) atoms. The predicted octanol–water partition coefficient (Wildman–Crippen LogP) is 3.06. The van der Waals surface area contributed by atoms with Crippen molar-refractivity contribution in [1.29, 1.82) is 0 Å². The molecule has 0 saturated heterocycles. The van der Waals surface area contributed by atoms with Gasteiger partial charge in [-0.25, -0.2) is 4.79 Å². The zero-order chi connectivity index (χ0) is 14.4. The Hall–Kier alpha value is -1.55. The minimum absolute atomic E-state index is 0.0103. The van der Waals surface area contributed by atoms with Gasteiger partial charge in [0, 0.05) is 19.1 Å². The normalized spacial score (nSPS) is 18.3. The zero-order valence-electron chi connectivity index (χ0n) is 12.5. The SMILES string of the molecule is CCCNC1CCCN(C(=O)NCC)c2ccccc21. The van der Waals surface area contributed by atoms with Crippen LogP contribution >= 0.6 is 0 Å². The van der Waals surface area contributed by atoms with Gasteiger partial charge in [-0.15, -0.1) is 0 Å². The highest BCUT2D eigenvalue weighted by Gasteiger charge is 2.25. The van der Waals surface area contributed by atoms with Crippen LogP contribution in [0.4, 0.5) is 10.5 Å². The maximum Gasteiger partial charge on any atom is 0.321 e. The molecular weight excluding hydrogens is 250 g/mol. The second kappa shape index (κ2) is 7.29. The van der Waals surface area contributed by atoms with Crippen LogP contribution in [0.3, 0.4) is 0 Å². The van der Waals surface area contributed by atoms with Crippen molar-refractivity contribution in [2.45, 2.75) is 39.2 Å². The average molecular weight is 275 g/mol. The number of amides is 2. The topological polar surface area (TPSA) is 44.4 Å². The van der Waals surface area contributed by atoms with Gasteiger partial charge in [0.05, 0.1) is 5.69 Å². The molecule has 0 spiro atoms. The van der Waals surface area contributed by atoms with E-state index in [2.05, 4.69) is 35.8 Å². The fraction of sp³-hybridized carbons (Fsp3) is 0.562. The lowest BCUT2D eigenvalue weighted by Crippen LogP contribution is -2.40. The number of nitrogens with zero attached hydrogens (tertiary/aromatic N) is 1. The van der Waals surface area contributed by atoms with E-state index in [1.165, 1.54) is 5.56 Å². The summed E-state index contributed by atoms with van der Waals surface area (Å²) >= 11 is 0. The van der Waals surface area contributed by atoms with Gasteiger partial charge in [0.25, 0.3) is 0 Å². The van der Waals surface area contributed by atoms with Gasteiger partial charge in [-0.3, -0.25) is 4.90 Å². The molecule has 1 aliphatic rings. The summed E-state index contributed by atoms with van der Waals surface area (Å²) in [6.45, 7) is 6.59. The van der Waals surface area contributed by atoms with Crippen LogP contribution in [-0.4, -0.2) is 25.7 Å². The molecule has 1 aliphatic heterocycles. The first-order chi connectivity index (χ1) is 9.77. The van der Waals surface area contributed by atoms with Crippen LogP contribution < -0.4 is 15.5 Å². The Bertz CT molecular complexity index is 447. The Morgan fingerprint density at radius 3 is 2.90 bits per heavy atom. The third-order valence-corrected chi connectivity index (χ3v) is 3.69. The first-order valence-corrected chi connectivity index (χ1v) is 7.65. The number of anilines is 1. The van der Waals surface area contributed by atoms with E-state index in [1.54, 1.807) is 0 Å². The molecule has 0 bridgehead atoms. The number of carbonyl (C=O) groups is 1. The number of rotatable bonds is 4. The fourth-order valence-electron chi connectivity index (χ4n) is 2.75. The summed E-state index contributed by atoms with van der Waals surface area (Å²) in [5.74, 6) is 0. The van der Waals surface area contributed by atoms with Gasteiger partial charge in [0.15, 0.2) is 0 Å². The van der Waals surface area contributed by atoms with Crippen molar-refractivity contribution in [3.05, 3.63) is 29.8 Å². The highest BCUT2D eigenvalue weighted by molar-refractivity contribution is 5.93. The van der Waals surface area contributed by atoms with E-state index < -0.39 is 0 Å². The molecule has 1 aromatic rings. The summed E-state index contributed by atoms with van der Waals surface area (Å²) in [4.78, 5) is 14.1. The number of nitrogens with one attached hydrogen (secondary N) is 2. The van der Waals surface area contributed by atoms with E-state index >= 15 is 0 Å². The molecule has 0 fully saturated rings. The lowest BCUT2D eigenvalue weighted by Gasteiger charge is -2.24. The number of para-hydroxylation sites is 1. The van der Waals surface area contributed by atoms with Gasteiger partial charge >= 0.3 is 6.03 Å². The Balaban J connectivity index is 2.27. The van der Waals surface area contributed by atoms with E-state index in [0.29, 0.717) is 12.6 Å². The molecule has 0 aromatic heterocycles. The molecule has 1 aromatic carbocycles. The van der Waals surface area contributed by atoms with Gasteiger partial charge in [0.1, 0.15) is 0 Å². The van der Waals surface area contributed by atoms with Crippen molar-refractivity contribution in [3.8, 4) is 0 Å². The first kappa shape index (κ1) is 14.9. The van der Waals surface area contributed by atoms with Gasteiger partial charge in [-0.05, 0) is 44.4 Å². The average Bonchev–Trinajstić information content (AvgIpc) is 2.65. The summed E-state index contributed by atoms with van der Waals surface area (Å²) in [5.41, 5.74) is 2.29. The Morgan fingerprint density at radius 1 is 1.35 bits per heavy atom. The van der Waals surface area contributed by atoms with E-state index in [9.17, 15) is 4.79 Å². The molecule has 0 saturated carbocycles. The highest BCUT2D eigenvalue weighted by atomic mass is 16.2. The van der Waals surface area contributed by atoms with Crippen LogP contribution in [0.5, 0.6) is 0 Å². The van der Waals surface area contributed by atoms with Gasteiger partial charge in [-0.2, -0.15) is 0 Å². The molecule has 0 aliphatic carbocycles. The highest BCUT2D eigenvalue weighted by Crippen LogP contribution is 2.32. The maximum atomic E-state index is 12.2. The minimum atomic E-state index is 0.0103. The first-order valence-electron chi connectivity index (χ1n) is 7.65. The molecule has 2 amide bonds. The zero-order valence-corrected chi connectivity index (χ0v) is 12.5. The monoisotopic (exact) mass is 275 g/mol. The van der Waals surface area contributed by atoms with Crippen molar-refractivity contribution in [3.63, 3.8) is 0 Å². The van der Waals surface area contributed by atoms with Crippen LogP contribution in [0.2, 0.25) is 0 Å². The molecule has 4 heteroatoms. The molecule has 4 nitrogen and oxygen atoms in total. The van der Waals surface area contributed by atoms with Gasteiger partial charge in [0.2, 0.25) is 0 Å². The summed E-state index contributed by atoms with van der Waals surface area (Å²) in [5, 5.41) is 6.51. The Labute approximate surface area is 121 Å². The molecule has 1 heterocycles. The molecule has 110 valence electrons. The van der Waals surface area contributed by atoms with Crippen molar-refractivity contribution < 1.29 is 4.79 Å². The molecule has 0 radical (unpaired) electrons. The van der Waals surface area contributed by atoms with Crippen LogP contribution in [0.1, 0.15) is 44.7 Å². The lowest BCUT2D eigenvalue weighted by molar-refractivity contribution is 0.246. The third kappa shape index (κ3) is 3.31. The Morgan fingerprint density at radius 2 is 2.15 bits per heavy atom. The van der Waals surface area contributed by atoms with Crippen molar-refractivity contribution in [2.24, 2.45) is 0 Å². The van der Waals surface area contributed by atoms with Gasteiger partial charge < -0.3 is 10.6 Å². The molecule has 2 N–H and O–H groups in total. The van der Waals surface area contributed by atoms with Crippen molar-refractivity contribution in [2.75, 3.05) is 24.5 Å². The maximum absolute atomic E-state index is 12.2. The molecule has 2 rings (SSSR count). The summed E-state index contributed by atoms with van der Waals surface area (Å²) in [6, 6.07) is 8.62. The number of urea groups is 1.